The molecule has 0 bridgehead atoms. The van der Waals surface area contributed by atoms with Gasteiger partial charge in [-0.05, 0) is 41.1 Å². The first-order chi connectivity index (χ1) is 8.08. The quantitative estimate of drug-likeness (QED) is 0.847. The Kier molecular flexibility index (Phi) is 3.51. The van der Waals surface area contributed by atoms with Gasteiger partial charge < -0.3 is 5.32 Å². The molecule has 6 heteroatoms. The molecule has 1 aromatic heterocycles. The molecule has 0 aliphatic rings. The van der Waals surface area contributed by atoms with Crippen molar-refractivity contribution in [3.8, 4) is 0 Å². The molecule has 0 fully saturated rings. The van der Waals surface area contributed by atoms with Crippen LogP contribution in [0.3, 0.4) is 0 Å². The van der Waals surface area contributed by atoms with Gasteiger partial charge in [0, 0.05) is 12.3 Å². The molecule has 0 aliphatic heterocycles. The second-order valence-corrected chi connectivity index (χ2v) is 4.59. The minimum atomic E-state index is -0.515. The average Bonchev–Trinajstić information content (AvgIpc) is 2.29. The van der Waals surface area contributed by atoms with Gasteiger partial charge in [-0.3, -0.25) is 0 Å². The van der Waals surface area contributed by atoms with Gasteiger partial charge in [-0.1, -0.05) is 0 Å². The highest BCUT2D eigenvalue weighted by molar-refractivity contribution is 14.1. The summed E-state index contributed by atoms with van der Waals surface area (Å²) in [4.78, 5) is 7.76. The molecule has 88 valence electrons. The van der Waals surface area contributed by atoms with E-state index < -0.39 is 11.6 Å². The lowest BCUT2D eigenvalue weighted by Gasteiger charge is -2.09. The fourth-order valence-corrected chi connectivity index (χ4v) is 1.71. The van der Waals surface area contributed by atoms with Gasteiger partial charge in [0.15, 0.2) is 0 Å². The van der Waals surface area contributed by atoms with Gasteiger partial charge in [0.05, 0.1) is 9.26 Å². The Morgan fingerprint density at radius 3 is 2.71 bits per heavy atom. The van der Waals surface area contributed by atoms with E-state index in [1.54, 1.807) is 6.20 Å². The van der Waals surface area contributed by atoms with Gasteiger partial charge in [-0.25, -0.2) is 18.7 Å². The van der Waals surface area contributed by atoms with Gasteiger partial charge in [-0.15, -0.1) is 0 Å². The van der Waals surface area contributed by atoms with Crippen LogP contribution in [-0.2, 0) is 0 Å². The third-order valence-corrected chi connectivity index (χ3v) is 2.96. The number of hydrogen-bond acceptors (Lipinski definition) is 3. The molecule has 0 atom stereocenters. The molecule has 17 heavy (non-hydrogen) atoms. The van der Waals surface area contributed by atoms with E-state index in [0.717, 1.165) is 15.7 Å². The van der Waals surface area contributed by atoms with Crippen molar-refractivity contribution in [3.05, 3.63) is 45.4 Å². The van der Waals surface area contributed by atoms with Crippen LogP contribution in [0.2, 0.25) is 0 Å². The first-order valence-electron chi connectivity index (χ1n) is 4.76. The number of hydrogen-bond donors (Lipinski definition) is 1. The first kappa shape index (κ1) is 12.2. The Morgan fingerprint density at radius 2 is 2.00 bits per heavy atom. The Balaban J connectivity index is 2.37. The molecule has 0 aliphatic carbocycles. The zero-order valence-corrected chi connectivity index (χ0v) is 11.0. The Hall–Kier alpha value is -1.31. The highest BCUT2D eigenvalue weighted by atomic mass is 127. The van der Waals surface area contributed by atoms with Gasteiger partial charge in [0.25, 0.3) is 0 Å². The number of rotatable bonds is 2. The second kappa shape index (κ2) is 4.91. The number of aryl methyl sites for hydroxylation is 1. The van der Waals surface area contributed by atoms with Crippen molar-refractivity contribution >= 4 is 34.1 Å². The second-order valence-electron chi connectivity index (χ2n) is 3.43. The lowest BCUT2D eigenvalue weighted by Crippen LogP contribution is -2.00. The lowest BCUT2D eigenvalue weighted by atomic mass is 10.2. The minimum Gasteiger partial charge on any atom is -0.337 e. The molecule has 0 spiro atoms. The monoisotopic (exact) mass is 347 g/mol. The predicted molar refractivity (Wildman–Crippen MR) is 69.1 cm³/mol. The number of halogens is 3. The summed E-state index contributed by atoms with van der Waals surface area (Å²) in [5.74, 6) is -0.529. The maximum atomic E-state index is 13.6. The maximum absolute atomic E-state index is 13.6. The largest absolute Gasteiger partial charge is 0.337 e. The van der Waals surface area contributed by atoms with Crippen molar-refractivity contribution in [1.29, 1.82) is 0 Å². The van der Waals surface area contributed by atoms with Crippen LogP contribution in [-0.4, -0.2) is 9.97 Å². The van der Waals surface area contributed by atoms with Crippen LogP contribution < -0.4 is 5.32 Å². The lowest BCUT2D eigenvalue weighted by molar-refractivity contribution is 0.595. The normalized spacial score (nSPS) is 10.4. The molecule has 1 aromatic carbocycles. The summed E-state index contributed by atoms with van der Waals surface area (Å²) in [6.07, 6.45) is 2.92. The molecule has 2 rings (SSSR count). The van der Waals surface area contributed by atoms with Crippen LogP contribution >= 0.6 is 22.6 Å². The van der Waals surface area contributed by atoms with Crippen LogP contribution in [0.4, 0.5) is 20.3 Å². The van der Waals surface area contributed by atoms with E-state index in [4.69, 9.17) is 0 Å². The summed E-state index contributed by atoms with van der Waals surface area (Å²) in [5, 5.41) is 2.73. The van der Waals surface area contributed by atoms with Crippen LogP contribution in [0.25, 0.3) is 0 Å². The average molecular weight is 347 g/mol. The Morgan fingerprint density at radius 1 is 1.24 bits per heavy atom. The van der Waals surface area contributed by atoms with Crippen molar-refractivity contribution in [2.75, 3.05) is 5.32 Å². The number of anilines is 2. The van der Waals surface area contributed by atoms with Crippen LogP contribution in [0.1, 0.15) is 5.56 Å². The smallest absolute Gasteiger partial charge is 0.147 e. The summed E-state index contributed by atoms with van der Waals surface area (Å²) >= 11 is 2.01. The van der Waals surface area contributed by atoms with E-state index in [2.05, 4.69) is 15.3 Å². The van der Waals surface area contributed by atoms with Crippen molar-refractivity contribution in [3.63, 3.8) is 0 Å². The number of nitrogens with zero attached hydrogens (tertiary/aromatic N) is 2. The molecular weight excluding hydrogens is 339 g/mol. The number of benzene rings is 1. The maximum Gasteiger partial charge on any atom is 0.147 e. The van der Waals surface area contributed by atoms with E-state index in [9.17, 15) is 8.78 Å². The van der Waals surface area contributed by atoms with Crippen LogP contribution in [0.15, 0.2) is 24.7 Å². The summed E-state index contributed by atoms with van der Waals surface area (Å²) in [6, 6.07) is 2.26. The van der Waals surface area contributed by atoms with Gasteiger partial charge in [-0.2, -0.15) is 0 Å². The van der Waals surface area contributed by atoms with E-state index in [1.807, 2.05) is 22.6 Å². The molecule has 0 radical (unpaired) electrons. The molecule has 2 aromatic rings. The van der Waals surface area contributed by atoms with Gasteiger partial charge in [0.2, 0.25) is 0 Å². The standard InChI is InChI=1S/C11H8F2IN3/c1-6-2-8(13)10(3-7(6)12)17-11-9(14)4-15-5-16-11/h2-5H,1H3,(H,15,16,17). The molecule has 1 heterocycles. The first-order valence-corrected chi connectivity index (χ1v) is 5.84. The molecule has 0 saturated heterocycles. The third kappa shape index (κ3) is 2.68. The van der Waals surface area contributed by atoms with E-state index in [0.29, 0.717) is 5.82 Å². The minimum absolute atomic E-state index is 0.0599. The zero-order valence-electron chi connectivity index (χ0n) is 8.84. The van der Waals surface area contributed by atoms with Crippen LogP contribution in [0.5, 0.6) is 0 Å². The van der Waals surface area contributed by atoms with Crippen molar-refractivity contribution < 1.29 is 8.78 Å². The number of aromatic nitrogens is 2. The molecule has 0 amide bonds. The fourth-order valence-electron chi connectivity index (χ4n) is 1.27. The van der Waals surface area contributed by atoms with Crippen molar-refractivity contribution in [2.45, 2.75) is 6.92 Å². The summed E-state index contributed by atoms with van der Waals surface area (Å²) in [6.45, 7) is 1.51. The summed E-state index contributed by atoms with van der Waals surface area (Å²) in [5.41, 5.74) is 0.329. The molecule has 0 unspecified atom stereocenters. The molecule has 0 saturated carbocycles. The molecule has 3 nitrogen and oxygen atoms in total. The van der Waals surface area contributed by atoms with E-state index >= 15 is 0 Å². The molecular formula is C11H8F2IN3. The Bertz CT molecular complexity index is 560. The highest BCUT2D eigenvalue weighted by Gasteiger charge is 2.09. The van der Waals surface area contributed by atoms with Crippen molar-refractivity contribution in [1.82, 2.24) is 9.97 Å². The third-order valence-electron chi connectivity index (χ3n) is 2.17. The Labute approximate surface area is 110 Å². The van der Waals surface area contributed by atoms with E-state index in [-0.39, 0.29) is 11.3 Å². The van der Waals surface area contributed by atoms with Crippen molar-refractivity contribution in [2.24, 2.45) is 0 Å². The SMILES string of the molecule is Cc1cc(F)c(Nc2ncncc2I)cc1F. The fraction of sp³-hybridized carbons (Fsp3) is 0.0909. The number of nitrogens with one attached hydrogen (secondary N) is 1. The van der Waals surface area contributed by atoms with Crippen LogP contribution in [0, 0.1) is 22.1 Å². The summed E-state index contributed by atoms with van der Waals surface area (Å²) < 4.78 is 27.6. The van der Waals surface area contributed by atoms with Gasteiger partial charge in [0.1, 0.15) is 23.8 Å². The van der Waals surface area contributed by atoms with Gasteiger partial charge >= 0.3 is 0 Å². The topological polar surface area (TPSA) is 37.8 Å². The zero-order chi connectivity index (χ0) is 12.4. The van der Waals surface area contributed by atoms with E-state index in [1.165, 1.54) is 13.3 Å². The molecule has 1 N–H and O–H groups in total. The predicted octanol–water partition coefficient (Wildman–Crippen LogP) is 3.41. The summed E-state index contributed by atoms with van der Waals surface area (Å²) in [7, 11) is 0. The highest BCUT2D eigenvalue weighted by Crippen LogP contribution is 2.24.